The second-order valence-corrected chi connectivity index (χ2v) is 12.5. The van der Waals surface area contributed by atoms with E-state index in [0.29, 0.717) is 32.5 Å². The summed E-state index contributed by atoms with van der Waals surface area (Å²) < 4.78 is 11.3. The van der Waals surface area contributed by atoms with Gasteiger partial charge in [0.2, 0.25) is 5.91 Å². The normalized spacial score (nSPS) is 15.4. The SMILES string of the molecule is CCC(C)(CC)NC(=O)OCC1c2cc(CCCC(=O)NCCOC(C)C)ccc2-c2c(C(O)NCCC(C)N)cccc21. The second kappa shape index (κ2) is 16.9. The molecule has 2 amide bonds. The van der Waals surface area contributed by atoms with Crippen LogP contribution in [0.1, 0.15) is 108 Å². The summed E-state index contributed by atoms with van der Waals surface area (Å²) in [4.78, 5) is 25.2. The lowest BCUT2D eigenvalue weighted by Gasteiger charge is -2.28. The number of benzene rings is 2. The third-order valence-corrected chi connectivity index (χ3v) is 8.59. The minimum atomic E-state index is -0.863. The summed E-state index contributed by atoms with van der Waals surface area (Å²) in [5.74, 6) is -0.162. The number of nitrogens with one attached hydrogen (secondary N) is 3. The first-order valence-corrected chi connectivity index (χ1v) is 16.2. The van der Waals surface area contributed by atoms with Crippen molar-refractivity contribution in [3.05, 3.63) is 58.7 Å². The number of hydrogen-bond donors (Lipinski definition) is 5. The minimum Gasteiger partial charge on any atom is -0.449 e. The largest absolute Gasteiger partial charge is 0.449 e. The van der Waals surface area contributed by atoms with E-state index in [-0.39, 0.29) is 36.1 Å². The molecule has 6 N–H and O–H groups in total. The lowest BCUT2D eigenvalue weighted by atomic mass is 9.95. The van der Waals surface area contributed by atoms with E-state index >= 15 is 0 Å². The Kier molecular flexibility index (Phi) is 13.6. The third kappa shape index (κ3) is 10.0. The first-order valence-electron chi connectivity index (χ1n) is 16.2. The highest BCUT2D eigenvalue weighted by atomic mass is 16.5. The fourth-order valence-electron chi connectivity index (χ4n) is 5.50. The van der Waals surface area contributed by atoms with Gasteiger partial charge < -0.3 is 30.9 Å². The van der Waals surface area contributed by atoms with Gasteiger partial charge in [0.05, 0.1) is 12.7 Å². The number of aliphatic hydroxyl groups is 1. The lowest BCUT2D eigenvalue weighted by Crippen LogP contribution is -2.45. The van der Waals surface area contributed by atoms with Crippen molar-refractivity contribution in [2.24, 2.45) is 5.73 Å². The number of aliphatic hydroxyl groups excluding tert-OH is 1. The molecule has 44 heavy (non-hydrogen) atoms. The highest BCUT2D eigenvalue weighted by Gasteiger charge is 2.33. The number of amides is 2. The van der Waals surface area contributed by atoms with Crippen LogP contribution in [-0.2, 0) is 20.7 Å². The van der Waals surface area contributed by atoms with Gasteiger partial charge in [0.25, 0.3) is 0 Å². The number of rotatable bonds is 18. The minimum absolute atomic E-state index is 0.0181. The molecule has 0 saturated carbocycles. The highest BCUT2D eigenvalue weighted by molar-refractivity contribution is 5.82. The molecule has 3 unspecified atom stereocenters. The first kappa shape index (κ1) is 35.5. The standard InChI is InChI=1S/C35H54N4O5/c1-7-35(6,8-2)39-34(42)44-22-30-26-12-10-13-28(33(41)38-18-17-24(5)36)32(26)27-16-15-25(21-29(27)30)11-9-14-31(40)37-19-20-43-23(3)4/h10,12-13,15-16,21,23-24,30,33,38,41H,7-9,11,14,17-20,22,36H2,1-6H3,(H,37,40)(H,39,42). The van der Waals surface area contributed by atoms with Crippen LogP contribution in [0.4, 0.5) is 4.79 Å². The molecule has 9 heteroatoms. The van der Waals surface area contributed by atoms with E-state index in [9.17, 15) is 14.7 Å². The number of fused-ring (bicyclic) bond motifs is 3. The van der Waals surface area contributed by atoms with Gasteiger partial charge in [-0.1, -0.05) is 50.2 Å². The molecule has 0 bridgehead atoms. The molecule has 0 saturated heterocycles. The van der Waals surface area contributed by atoms with Gasteiger partial charge in [-0.2, -0.15) is 0 Å². The van der Waals surface area contributed by atoms with Crippen LogP contribution in [0.3, 0.4) is 0 Å². The topological polar surface area (TPSA) is 135 Å². The number of hydrogen-bond acceptors (Lipinski definition) is 7. The zero-order chi connectivity index (χ0) is 32.3. The summed E-state index contributed by atoms with van der Waals surface area (Å²) in [7, 11) is 0. The summed E-state index contributed by atoms with van der Waals surface area (Å²) in [5, 5.41) is 20.3. The average Bonchev–Trinajstić information content (AvgIpc) is 3.30. The van der Waals surface area contributed by atoms with Crippen molar-refractivity contribution in [3.8, 4) is 11.1 Å². The van der Waals surface area contributed by atoms with Crippen LogP contribution in [-0.4, -0.2) is 61.1 Å². The molecule has 0 radical (unpaired) electrons. The van der Waals surface area contributed by atoms with Crippen molar-refractivity contribution in [1.29, 1.82) is 0 Å². The first-order chi connectivity index (χ1) is 21.0. The van der Waals surface area contributed by atoms with Gasteiger partial charge in [0, 0.05) is 36.0 Å². The summed E-state index contributed by atoms with van der Waals surface area (Å²) >= 11 is 0. The van der Waals surface area contributed by atoms with Gasteiger partial charge in [-0.3, -0.25) is 10.1 Å². The Morgan fingerprint density at radius 1 is 1.07 bits per heavy atom. The van der Waals surface area contributed by atoms with Crippen molar-refractivity contribution in [1.82, 2.24) is 16.0 Å². The molecule has 0 aromatic heterocycles. The van der Waals surface area contributed by atoms with Crippen molar-refractivity contribution in [2.75, 3.05) is 26.3 Å². The maximum Gasteiger partial charge on any atom is 0.407 e. The van der Waals surface area contributed by atoms with Crippen LogP contribution in [0.5, 0.6) is 0 Å². The maximum atomic E-state index is 12.9. The van der Waals surface area contributed by atoms with Gasteiger partial charge in [-0.25, -0.2) is 4.79 Å². The van der Waals surface area contributed by atoms with Gasteiger partial charge in [0.1, 0.15) is 12.8 Å². The van der Waals surface area contributed by atoms with Crippen LogP contribution >= 0.6 is 0 Å². The molecule has 3 rings (SSSR count). The van der Waals surface area contributed by atoms with Gasteiger partial charge in [-0.05, 0) is 94.2 Å². The van der Waals surface area contributed by atoms with Crippen LogP contribution in [0.15, 0.2) is 36.4 Å². The van der Waals surface area contributed by atoms with Crippen molar-refractivity contribution >= 4 is 12.0 Å². The van der Waals surface area contributed by atoms with Crippen molar-refractivity contribution in [2.45, 2.75) is 110 Å². The van der Waals surface area contributed by atoms with Crippen LogP contribution in [0, 0.1) is 0 Å². The molecule has 2 aromatic carbocycles. The van der Waals surface area contributed by atoms with E-state index in [1.807, 2.05) is 39.8 Å². The molecule has 0 fully saturated rings. The molecule has 0 aliphatic heterocycles. The zero-order valence-electron chi connectivity index (χ0n) is 27.5. The Morgan fingerprint density at radius 3 is 2.50 bits per heavy atom. The zero-order valence-corrected chi connectivity index (χ0v) is 27.5. The molecule has 244 valence electrons. The summed E-state index contributed by atoms with van der Waals surface area (Å²) in [5.41, 5.74) is 11.6. The van der Waals surface area contributed by atoms with Gasteiger partial charge in [0.15, 0.2) is 0 Å². The van der Waals surface area contributed by atoms with Gasteiger partial charge in [-0.15, -0.1) is 0 Å². The van der Waals surface area contributed by atoms with Crippen molar-refractivity contribution < 1.29 is 24.2 Å². The Morgan fingerprint density at radius 2 is 1.82 bits per heavy atom. The molecule has 9 nitrogen and oxygen atoms in total. The number of carbonyl (C=O) groups is 2. The fourth-order valence-corrected chi connectivity index (χ4v) is 5.50. The molecule has 0 spiro atoms. The predicted octanol–water partition coefficient (Wildman–Crippen LogP) is 5.29. The molecular weight excluding hydrogens is 556 g/mol. The molecular formula is C35H54N4O5. The lowest BCUT2D eigenvalue weighted by molar-refractivity contribution is -0.121. The number of carbonyl (C=O) groups excluding carboxylic acids is 2. The van der Waals surface area contributed by atoms with Crippen LogP contribution < -0.4 is 21.7 Å². The summed E-state index contributed by atoms with van der Waals surface area (Å²) in [6.07, 6.45) is 3.10. The number of nitrogens with two attached hydrogens (primary N) is 1. The van der Waals surface area contributed by atoms with E-state index in [1.165, 1.54) is 0 Å². The molecule has 0 heterocycles. The number of aryl methyl sites for hydroxylation is 1. The smallest absolute Gasteiger partial charge is 0.407 e. The molecule has 1 aliphatic carbocycles. The van der Waals surface area contributed by atoms with E-state index < -0.39 is 12.3 Å². The van der Waals surface area contributed by atoms with E-state index in [4.69, 9.17) is 15.2 Å². The number of alkyl carbamates (subject to hydrolysis) is 1. The van der Waals surface area contributed by atoms with Crippen molar-refractivity contribution in [3.63, 3.8) is 0 Å². The Hall–Kier alpha value is -2.98. The van der Waals surface area contributed by atoms with Crippen LogP contribution in [0.25, 0.3) is 11.1 Å². The summed E-state index contributed by atoms with van der Waals surface area (Å²) in [6, 6.07) is 12.3. The quantitative estimate of drug-likeness (QED) is 0.114. The monoisotopic (exact) mass is 610 g/mol. The third-order valence-electron chi connectivity index (χ3n) is 8.59. The number of ether oxygens (including phenoxy) is 2. The highest BCUT2D eigenvalue weighted by Crippen LogP contribution is 2.48. The maximum absolute atomic E-state index is 12.9. The average molecular weight is 611 g/mol. The molecule has 2 aromatic rings. The van der Waals surface area contributed by atoms with E-state index in [2.05, 4.69) is 54.1 Å². The second-order valence-electron chi connectivity index (χ2n) is 12.5. The Balaban J connectivity index is 1.79. The molecule has 3 atom stereocenters. The summed E-state index contributed by atoms with van der Waals surface area (Å²) in [6.45, 7) is 13.8. The fraction of sp³-hybridized carbons (Fsp3) is 0.600. The Labute approximate surface area is 263 Å². The molecule has 1 aliphatic rings. The van der Waals surface area contributed by atoms with E-state index in [1.54, 1.807) is 0 Å². The van der Waals surface area contributed by atoms with Crippen LogP contribution in [0.2, 0.25) is 0 Å². The van der Waals surface area contributed by atoms with Gasteiger partial charge >= 0.3 is 6.09 Å². The predicted molar refractivity (Wildman–Crippen MR) is 175 cm³/mol. The van der Waals surface area contributed by atoms with E-state index in [0.717, 1.165) is 59.1 Å². The Bertz CT molecular complexity index is 1230.